The molecule has 4 unspecified atom stereocenters. The van der Waals surface area contributed by atoms with E-state index in [2.05, 4.69) is 9.51 Å². The Balaban J connectivity index is 2.06. The molecule has 0 aromatic carbocycles. The maximum atomic E-state index is 11.8. The molecule has 2 N–H and O–H groups in total. The molecule has 0 saturated carbocycles. The van der Waals surface area contributed by atoms with E-state index in [0.717, 1.165) is 0 Å². The van der Waals surface area contributed by atoms with Gasteiger partial charge in [-0.1, -0.05) is 6.92 Å². The number of aromatic nitrogens is 2. The van der Waals surface area contributed by atoms with Gasteiger partial charge in [-0.3, -0.25) is 14.3 Å². The third kappa shape index (κ3) is 4.09. The van der Waals surface area contributed by atoms with E-state index in [-0.39, 0.29) is 18.6 Å². The minimum Gasteiger partial charge on any atom is -0.352 e. The summed E-state index contributed by atoms with van der Waals surface area (Å²) in [5, 5.41) is 0. The Morgan fingerprint density at radius 2 is 2.33 bits per heavy atom. The average Bonchev–Trinajstić information content (AvgIpc) is 2.78. The zero-order chi connectivity index (χ0) is 15.6. The number of hydrogen-bond donors (Lipinski definition) is 2. The molecule has 0 spiro atoms. The van der Waals surface area contributed by atoms with E-state index in [4.69, 9.17) is 21.1 Å². The average molecular weight is 336 g/mol. The molecule has 1 saturated heterocycles. The SMILES string of the molecule is COP(O)(=S)OCC1CC(C)C(n2ccc(=O)[nH]c2=O)O1. The van der Waals surface area contributed by atoms with Gasteiger partial charge < -0.3 is 18.7 Å². The van der Waals surface area contributed by atoms with Crippen LogP contribution < -0.4 is 11.2 Å². The summed E-state index contributed by atoms with van der Waals surface area (Å²) in [5.41, 5.74) is -0.979. The van der Waals surface area contributed by atoms with Crippen molar-refractivity contribution in [2.45, 2.75) is 25.7 Å². The number of aromatic amines is 1. The van der Waals surface area contributed by atoms with Crippen LogP contribution in [0.15, 0.2) is 21.9 Å². The van der Waals surface area contributed by atoms with Crippen LogP contribution in [-0.2, 0) is 25.6 Å². The van der Waals surface area contributed by atoms with Crippen molar-refractivity contribution in [1.29, 1.82) is 0 Å². The van der Waals surface area contributed by atoms with Crippen molar-refractivity contribution in [3.8, 4) is 0 Å². The van der Waals surface area contributed by atoms with Gasteiger partial charge in [0.2, 0.25) is 0 Å². The Morgan fingerprint density at radius 1 is 1.62 bits per heavy atom. The predicted molar refractivity (Wildman–Crippen MR) is 78.5 cm³/mol. The highest BCUT2D eigenvalue weighted by molar-refractivity contribution is 8.07. The number of nitrogens with one attached hydrogen (secondary N) is 1. The molecule has 118 valence electrons. The molecule has 21 heavy (non-hydrogen) atoms. The van der Waals surface area contributed by atoms with Gasteiger partial charge in [-0.25, -0.2) is 4.79 Å². The van der Waals surface area contributed by atoms with E-state index in [9.17, 15) is 14.5 Å². The maximum absolute atomic E-state index is 11.8. The zero-order valence-corrected chi connectivity index (χ0v) is 13.3. The van der Waals surface area contributed by atoms with Gasteiger partial charge in [0, 0.05) is 25.3 Å². The van der Waals surface area contributed by atoms with Gasteiger partial charge in [-0.05, 0) is 18.2 Å². The van der Waals surface area contributed by atoms with Crippen molar-refractivity contribution in [1.82, 2.24) is 9.55 Å². The monoisotopic (exact) mass is 336 g/mol. The number of H-pyrrole nitrogens is 1. The molecule has 8 nitrogen and oxygen atoms in total. The third-order valence-electron chi connectivity index (χ3n) is 3.23. The van der Waals surface area contributed by atoms with Crippen LogP contribution in [0.25, 0.3) is 0 Å². The minimum atomic E-state index is -3.22. The van der Waals surface area contributed by atoms with Crippen molar-refractivity contribution in [2.75, 3.05) is 13.7 Å². The first-order chi connectivity index (χ1) is 9.82. The molecule has 1 aromatic heterocycles. The third-order valence-corrected chi connectivity index (χ3v) is 4.93. The Bertz CT molecular complexity index is 659. The molecule has 2 heterocycles. The zero-order valence-electron chi connectivity index (χ0n) is 11.6. The molecular formula is C11H17N2O6PS. The largest absolute Gasteiger partial charge is 0.352 e. The molecular weight excluding hydrogens is 319 g/mol. The number of rotatable bonds is 5. The molecule has 0 aliphatic carbocycles. The van der Waals surface area contributed by atoms with Crippen LogP contribution in [0.2, 0.25) is 0 Å². The summed E-state index contributed by atoms with van der Waals surface area (Å²) < 4.78 is 16.9. The number of hydrogen-bond acceptors (Lipinski definition) is 6. The smallest absolute Gasteiger partial charge is 0.330 e. The lowest BCUT2D eigenvalue weighted by molar-refractivity contribution is -0.0315. The van der Waals surface area contributed by atoms with Crippen LogP contribution in [0.1, 0.15) is 19.6 Å². The molecule has 10 heteroatoms. The Kier molecular flexibility index (Phi) is 5.13. The highest BCUT2D eigenvalue weighted by Gasteiger charge is 2.35. The summed E-state index contributed by atoms with van der Waals surface area (Å²) >= 11 is 4.74. The quantitative estimate of drug-likeness (QED) is 0.747. The molecule has 1 aromatic rings. The molecule has 4 atom stereocenters. The van der Waals surface area contributed by atoms with Crippen molar-refractivity contribution in [3.63, 3.8) is 0 Å². The van der Waals surface area contributed by atoms with Gasteiger partial charge in [0.1, 0.15) is 6.23 Å². The Hall–Kier alpha value is -0.830. The van der Waals surface area contributed by atoms with E-state index in [1.165, 1.54) is 23.9 Å². The highest BCUT2D eigenvalue weighted by atomic mass is 32.5. The topological polar surface area (TPSA) is 103 Å². The van der Waals surface area contributed by atoms with E-state index < -0.39 is 24.2 Å². The van der Waals surface area contributed by atoms with E-state index in [0.29, 0.717) is 6.42 Å². The van der Waals surface area contributed by atoms with Crippen molar-refractivity contribution in [3.05, 3.63) is 33.1 Å². The van der Waals surface area contributed by atoms with Gasteiger partial charge in [0.25, 0.3) is 5.56 Å². The van der Waals surface area contributed by atoms with Gasteiger partial charge in [-0.15, -0.1) is 0 Å². The Labute approximate surface area is 125 Å². The lowest BCUT2D eigenvalue weighted by atomic mass is 10.1. The second-order valence-electron chi connectivity index (χ2n) is 4.83. The van der Waals surface area contributed by atoms with Crippen molar-refractivity contribution in [2.24, 2.45) is 5.92 Å². The highest BCUT2D eigenvalue weighted by Crippen LogP contribution is 2.44. The maximum Gasteiger partial charge on any atom is 0.330 e. The van der Waals surface area contributed by atoms with Crippen LogP contribution in [0.5, 0.6) is 0 Å². The molecule has 1 aliphatic heterocycles. The van der Waals surface area contributed by atoms with Gasteiger partial charge in [0.15, 0.2) is 0 Å². The standard InChI is InChI=1S/C11H17N2O6PS/c1-7-5-8(6-18-20(16,21)17-2)19-10(7)13-4-3-9(14)12-11(13)15/h3-4,7-8,10H,5-6H2,1-2H3,(H,16,21)(H,12,14,15). The fourth-order valence-electron chi connectivity index (χ4n) is 2.22. The summed E-state index contributed by atoms with van der Waals surface area (Å²) in [6.45, 7) is -1.21. The van der Waals surface area contributed by atoms with Crippen molar-refractivity contribution < 1.29 is 18.7 Å². The summed E-state index contributed by atoms with van der Waals surface area (Å²) in [6, 6.07) is 1.26. The van der Waals surface area contributed by atoms with Crippen LogP contribution in [-0.4, -0.2) is 34.3 Å². The summed E-state index contributed by atoms with van der Waals surface area (Å²) in [4.78, 5) is 34.6. The first kappa shape index (κ1) is 16.5. The normalized spacial score (nSPS) is 28.4. The van der Waals surface area contributed by atoms with Crippen LogP contribution in [0, 0.1) is 5.92 Å². The number of nitrogens with zero attached hydrogens (tertiary/aromatic N) is 1. The van der Waals surface area contributed by atoms with Gasteiger partial charge in [0.05, 0.1) is 12.7 Å². The lowest BCUT2D eigenvalue weighted by Crippen LogP contribution is -2.33. The molecule has 0 amide bonds. The van der Waals surface area contributed by atoms with Crippen LogP contribution in [0.4, 0.5) is 0 Å². The number of ether oxygens (including phenoxy) is 1. The summed E-state index contributed by atoms with van der Waals surface area (Å²) in [5.74, 6) is 0.0429. The van der Waals surface area contributed by atoms with Crippen LogP contribution >= 0.6 is 6.72 Å². The molecule has 1 aliphatic rings. The summed E-state index contributed by atoms with van der Waals surface area (Å²) in [6.07, 6.45) is 1.22. The fourth-order valence-corrected chi connectivity index (χ4v) is 2.87. The second kappa shape index (κ2) is 6.51. The summed E-state index contributed by atoms with van der Waals surface area (Å²) in [7, 11) is 1.28. The van der Waals surface area contributed by atoms with E-state index >= 15 is 0 Å². The first-order valence-corrected chi connectivity index (χ1v) is 8.91. The minimum absolute atomic E-state index is 0.0429. The molecule has 1 fully saturated rings. The Morgan fingerprint density at radius 3 is 2.95 bits per heavy atom. The van der Waals surface area contributed by atoms with Crippen LogP contribution in [0.3, 0.4) is 0 Å². The second-order valence-corrected chi connectivity index (χ2v) is 7.77. The van der Waals surface area contributed by atoms with E-state index in [1.807, 2.05) is 6.92 Å². The first-order valence-electron chi connectivity index (χ1n) is 6.32. The molecule has 0 radical (unpaired) electrons. The molecule has 2 rings (SSSR count). The van der Waals surface area contributed by atoms with Crippen molar-refractivity contribution >= 4 is 18.5 Å². The van der Waals surface area contributed by atoms with Gasteiger partial charge in [-0.2, -0.15) is 0 Å². The predicted octanol–water partition coefficient (Wildman–Crippen LogP) is 0.340. The lowest BCUT2D eigenvalue weighted by Gasteiger charge is -2.19. The fraction of sp³-hybridized carbons (Fsp3) is 0.636. The molecule has 0 bridgehead atoms. The van der Waals surface area contributed by atoms with E-state index in [1.54, 1.807) is 0 Å². The van der Waals surface area contributed by atoms with Gasteiger partial charge >= 0.3 is 12.4 Å².